The van der Waals surface area contributed by atoms with Gasteiger partial charge in [-0.05, 0) is 52.1 Å². The van der Waals surface area contributed by atoms with Gasteiger partial charge in [0, 0.05) is 20.5 Å². The van der Waals surface area contributed by atoms with Gasteiger partial charge in [0.05, 0.1) is 16.0 Å². The van der Waals surface area contributed by atoms with Crippen LogP contribution < -0.4 is 0 Å². The molecule has 0 saturated heterocycles. The number of aliphatic carboxylic acids is 2. The van der Waals surface area contributed by atoms with Crippen LogP contribution in [0.1, 0.15) is 26.7 Å². The Bertz CT molecular complexity index is 565. The van der Waals surface area contributed by atoms with Crippen LogP contribution in [0.5, 0.6) is 0 Å². The highest BCUT2D eigenvalue weighted by molar-refractivity contribution is 6.70. The highest BCUT2D eigenvalue weighted by Gasteiger charge is 2.68. The van der Waals surface area contributed by atoms with Gasteiger partial charge in [-0.15, -0.1) is 0 Å². The van der Waals surface area contributed by atoms with Gasteiger partial charge in [-0.2, -0.15) is 0 Å². The number of carboxylic acid groups (broad SMARTS) is 2. The second-order valence-corrected chi connectivity index (χ2v) is 21.5. The van der Waals surface area contributed by atoms with Gasteiger partial charge < -0.3 is 19.1 Å². The van der Waals surface area contributed by atoms with Gasteiger partial charge in [0.1, 0.15) is 5.41 Å². The maximum absolute atomic E-state index is 12.9. The normalized spacial score (nSPS) is 19.7. The number of hydrogen-bond acceptors (Lipinski definition) is 4. The molecule has 2 unspecified atom stereocenters. The van der Waals surface area contributed by atoms with Crippen molar-refractivity contribution in [1.82, 2.24) is 0 Å². The van der Waals surface area contributed by atoms with E-state index in [1.54, 1.807) is 0 Å². The number of carbonyl (C=O) groups is 2. The predicted molar refractivity (Wildman–Crippen MR) is 122 cm³/mol. The third-order valence-electron chi connectivity index (χ3n) is 5.03. The van der Waals surface area contributed by atoms with Gasteiger partial charge in [-0.25, -0.2) is 4.79 Å². The van der Waals surface area contributed by atoms with E-state index in [-0.39, 0.29) is 5.57 Å². The highest BCUT2D eigenvalue weighted by atomic mass is 28.4. The van der Waals surface area contributed by atoms with Gasteiger partial charge in [0.15, 0.2) is 16.6 Å². The van der Waals surface area contributed by atoms with Gasteiger partial charge in [-0.1, -0.05) is 20.4 Å². The molecule has 0 spiro atoms. The SMILES string of the molecule is C=C(C(=O)O)C(C(=O)O)(C([SiH3])(CC)O[Si](C)(C)C)C([SiH3])(CC)O[Si](C)(C)C. The molecule has 158 valence electrons. The van der Waals surface area contributed by atoms with E-state index in [4.69, 9.17) is 8.85 Å². The molecule has 2 atom stereocenters. The van der Waals surface area contributed by atoms with Crippen LogP contribution in [0.3, 0.4) is 0 Å². The topological polar surface area (TPSA) is 93.1 Å². The van der Waals surface area contributed by atoms with Crippen molar-refractivity contribution in [2.24, 2.45) is 5.41 Å². The molecule has 0 aliphatic carbocycles. The molecule has 2 N–H and O–H groups in total. The molecule has 6 nitrogen and oxygen atoms in total. The van der Waals surface area contributed by atoms with Crippen molar-refractivity contribution < 1.29 is 28.7 Å². The first-order valence-electron chi connectivity index (χ1n) is 9.40. The molecule has 0 saturated carbocycles. The summed E-state index contributed by atoms with van der Waals surface area (Å²) in [7, 11) is -3.70. The number of hydrogen-bond donors (Lipinski definition) is 2. The fourth-order valence-electron chi connectivity index (χ4n) is 4.12. The van der Waals surface area contributed by atoms with Crippen LogP contribution in [0.2, 0.25) is 39.3 Å². The van der Waals surface area contributed by atoms with Crippen LogP contribution in [0.15, 0.2) is 12.2 Å². The van der Waals surface area contributed by atoms with E-state index in [1.165, 1.54) is 0 Å². The Balaban J connectivity index is 7.22. The lowest BCUT2D eigenvalue weighted by Gasteiger charge is -2.58. The van der Waals surface area contributed by atoms with Gasteiger partial charge in [0.2, 0.25) is 0 Å². The minimum atomic E-state index is -2.19. The summed E-state index contributed by atoms with van der Waals surface area (Å²) in [5, 5.41) is 18.2. The Labute approximate surface area is 171 Å². The molecule has 0 aromatic heterocycles. The van der Waals surface area contributed by atoms with E-state index in [2.05, 4.69) is 6.58 Å². The lowest BCUT2D eigenvalue weighted by molar-refractivity contribution is -0.173. The standard InChI is InChI=1S/C17H38O6Si4/c1-10-15(24,22-26(4,5)6)17(14(20)21,12(3)13(18)19)16(25,11-2)23-27(7,8)9/h3,10-11H2,1-2,4-9,24-25H3,(H,18,19)(H,20,21). The van der Waals surface area contributed by atoms with Crippen molar-refractivity contribution in [2.45, 2.75) is 76.4 Å². The molecule has 0 amide bonds. The average molecular weight is 451 g/mol. The second kappa shape index (κ2) is 8.45. The Hall–Kier alpha value is -0.532. The maximum atomic E-state index is 12.9. The first-order valence-corrected chi connectivity index (χ1v) is 18.2. The summed E-state index contributed by atoms with van der Waals surface area (Å²) in [6.45, 7) is 19.5. The Morgan fingerprint density at radius 1 is 0.889 bits per heavy atom. The first kappa shape index (κ1) is 26.5. The Morgan fingerprint density at radius 3 is 1.33 bits per heavy atom. The summed E-state index contributed by atoms with van der Waals surface area (Å²) in [6, 6.07) is 0. The highest BCUT2D eigenvalue weighted by Crippen LogP contribution is 2.53. The number of carboxylic acids is 2. The number of rotatable bonds is 11. The first-order chi connectivity index (χ1) is 11.8. The van der Waals surface area contributed by atoms with E-state index in [0.29, 0.717) is 33.3 Å². The molecule has 0 aliphatic rings. The molecule has 10 heteroatoms. The summed E-state index contributed by atoms with van der Waals surface area (Å²) >= 11 is 0. The van der Waals surface area contributed by atoms with E-state index >= 15 is 0 Å². The molecule has 0 bridgehead atoms. The van der Waals surface area contributed by atoms with Crippen molar-refractivity contribution in [3.63, 3.8) is 0 Å². The summed E-state index contributed by atoms with van der Waals surface area (Å²) in [6.07, 6.45) is 0.780. The predicted octanol–water partition coefficient (Wildman–Crippen LogP) is 1.34. The van der Waals surface area contributed by atoms with Crippen molar-refractivity contribution >= 4 is 49.1 Å². The fourth-order valence-corrected chi connectivity index (χ4v) is 13.7. The molecule has 0 aliphatic heterocycles. The zero-order valence-electron chi connectivity index (χ0n) is 18.6. The third kappa shape index (κ3) is 5.29. The minimum absolute atomic E-state index is 0.333. The van der Waals surface area contributed by atoms with Crippen LogP contribution >= 0.6 is 0 Å². The minimum Gasteiger partial charge on any atom is -0.480 e. The quantitative estimate of drug-likeness (QED) is 0.364. The van der Waals surface area contributed by atoms with Crippen molar-refractivity contribution in [1.29, 1.82) is 0 Å². The molecule has 0 radical (unpaired) electrons. The fraction of sp³-hybridized carbons (Fsp3) is 0.765. The Morgan fingerprint density at radius 2 is 1.19 bits per heavy atom. The van der Waals surface area contributed by atoms with Crippen LogP contribution in [0.25, 0.3) is 0 Å². The lowest BCUT2D eigenvalue weighted by atomic mass is 9.68. The molecule has 0 rings (SSSR count). The van der Waals surface area contributed by atoms with Gasteiger partial charge >= 0.3 is 11.9 Å². The van der Waals surface area contributed by atoms with Crippen LogP contribution in [-0.2, 0) is 18.4 Å². The van der Waals surface area contributed by atoms with E-state index < -0.39 is 44.4 Å². The summed E-state index contributed by atoms with van der Waals surface area (Å²) in [5.41, 5.74) is -2.16. The van der Waals surface area contributed by atoms with Crippen LogP contribution in [0, 0.1) is 5.41 Å². The van der Waals surface area contributed by atoms with E-state index in [1.807, 2.05) is 53.1 Å². The largest absolute Gasteiger partial charge is 0.480 e. The molecule has 0 heterocycles. The second-order valence-electron chi connectivity index (χ2n) is 9.44. The van der Waals surface area contributed by atoms with Crippen LogP contribution in [-0.4, -0.2) is 69.7 Å². The monoisotopic (exact) mass is 450 g/mol. The molecular weight excluding hydrogens is 413 g/mol. The zero-order chi connectivity index (χ0) is 22.1. The van der Waals surface area contributed by atoms with Gasteiger partial charge in [0.25, 0.3) is 0 Å². The van der Waals surface area contributed by atoms with E-state index in [0.717, 1.165) is 0 Å². The Kier molecular flexibility index (Phi) is 8.29. The molecule has 27 heavy (non-hydrogen) atoms. The molecule has 0 aromatic carbocycles. The van der Waals surface area contributed by atoms with Gasteiger partial charge in [-0.3, -0.25) is 4.79 Å². The van der Waals surface area contributed by atoms with Crippen molar-refractivity contribution in [3.8, 4) is 0 Å². The lowest BCUT2D eigenvalue weighted by Crippen LogP contribution is -2.72. The van der Waals surface area contributed by atoms with E-state index in [9.17, 15) is 19.8 Å². The zero-order valence-corrected chi connectivity index (χ0v) is 24.6. The van der Waals surface area contributed by atoms with Crippen molar-refractivity contribution in [3.05, 3.63) is 12.2 Å². The maximum Gasteiger partial charge on any atom is 0.332 e. The molecular formula is C17H38O6Si4. The smallest absolute Gasteiger partial charge is 0.332 e. The summed E-state index contributed by atoms with van der Waals surface area (Å²) in [5.74, 6) is -2.52. The molecule has 0 fully saturated rings. The summed E-state index contributed by atoms with van der Waals surface area (Å²) < 4.78 is 13.0. The average Bonchev–Trinajstić information content (AvgIpc) is 2.43. The molecule has 0 aromatic rings. The summed E-state index contributed by atoms with van der Waals surface area (Å²) in [4.78, 5) is 25.0. The van der Waals surface area contributed by atoms with Crippen molar-refractivity contribution in [2.75, 3.05) is 0 Å². The third-order valence-corrected chi connectivity index (χ3v) is 11.3. The van der Waals surface area contributed by atoms with Crippen LogP contribution in [0.4, 0.5) is 0 Å².